The van der Waals surface area contributed by atoms with E-state index < -0.39 is 0 Å². The fourth-order valence-corrected chi connectivity index (χ4v) is 2.82. The van der Waals surface area contributed by atoms with E-state index in [1.165, 1.54) is 12.1 Å². The van der Waals surface area contributed by atoms with E-state index >= 15 is 0 Å². The van der Waals surface area contributed by atoms with E-state index in [2.05, 4.69) is 20.9 Å². The van der Waals surface area contributed by atoms with Crippen molar-refractivity contribution < 1.29 is 4.39 Å². The number of nitrogens with zero attached hydrogens (tertiary/aromatic N) is 2. The van der Waals surface area contributed by atoms with Crippen LogP contribution in [0.25, 0.3) is 11.4 Å². The minimum Gasteiger partial charge on any atom is -0.327 e. The Morgan fingerprint density at radius 3 is 2.50 bits per heavy atom. The molecule has 0 atom stereocenters. The van der Waals surface area contributed by atoms with Crippen LogP contribution in [0.3, 0.4) is 0 Å². The molecule has 0 aliphatic rings. The average molecular weight is 360 g/mol. The molecule has 0 bridgehead atoms. The Kier molecular flexibility index (Phi) is 4.36. The topological polar surface area (TPSA) is 43.8 Å². The summed E-state index contributed by atoms with van der Waals surface area (Å²) in [5.74, 6) is 0.453. The monoisotopic (exact) mass is 359 g/mol. The second kappa shape index (κ2) is 6.42. The van der Waals surface area contributed by atoms with Gasteiger partial charge in [-0.15, -0.1) is 0 Å². The number of aromatic nitrogens is 2. The second-order valence-corrected chi connectivity index (χ2v) is 5.97. The fraction of sp³-hybridized carbons (Fsp3) is 0.118. The molecule has 0 saturated carbocycles. The molecule has 3 nitrogen and oxygen atoms in total. The van der Waals surface area contributed by atoms with Gasteiger partial charge in [0.05, 0.1) is 0 Å². The van der Waals surface area contributed by atoms with Gasteiger partial charge in [0.15, 0.2) is 0 Å². The zero-order valence-corrected chi connectivity index (χ0v) is 13.4. The molecule has 2 N–H and O–H groups in total. The highest BCUT2D eigenvalue weighted by molar-refractivity contribution is 9.10. The van der Waals surface area contributed by atoms with E-state index in [9.17, 15) is 4.39 Å². The Morgan fingerprint density at radius 1 is 1.09 bits per heavy atom. The lowest BCUT2D eigenvalue weighted by Crippen LogP contribution is -2.02. The van der Waals surface area contributed by atoms with Crippen LogP contribution in [0.4, 0.5) is 4.39 Å². The molecule has 3 aromatic rings. The molecule has 112 valence electrons. The Bertz CT molecular complexity index is 761. The number of benzene rings is 2. The summed E-state index contributed by atoms with van der Waals surface area (Å²) in [4.78, 5) is 4.35. The summed E-state index contributed by atoms with van der Waals surface area (Å²) in [5.41, 5.74) is 8.60. The van der Waals surface area contributed by atoms with Gasteiger partial charge in [0.2, 0.25) is 0 Å². The minimum atomic E-state index is -0.286. The van der Waals surface area contributed by atoms with Crippen molar-refractivity contribution in [2.75, 3.05) is 0 Å². The number of nitrogens with two attached hydrogens (primary N) is 1. The van der Waals surface area contributed by atoms with Crippen molar-refractivity contribution in [2.45, 2.75) is 13.1 Å². The zero-order valence-electron chi connectivity index (χ0n) is 11.8. The molecule has 2 aromatic carbocycles. The molecule has 22 heavy (non-hydrogen) atoms. The van der Waals surface area contributed by atoms with Crippen LogP contribution in [0.2, 0.25) is 0 Å². The van der Waals surface area contributed by atoms with Crippen LogP contribution in [0, 0.1) is 5.82 Å². The van der Waals surface area contributed by atoms with E-state index in [0.29, 0.717) is 17.6 Å². The molecule has 0 spiro atoms. The summed E-state index contributed by atoms with van der Waals surface area (Å²) >= 11 is 3.32. The number of hydrogen-bond acceptors (Lipinski definition) is 2. The molecule has 1 aromatic heterocycles. The van der Waals surface area contributed by atoms with E-state index in [1.54, 1.807) is 6.20 Å². The normalized spacial score (nSPS) is 10.9. The van der Waals surface area contributed by atoms with Crippen molar-refractivity contribution in [3.05, 3.63) is 76.3 Å². The van der Waals surface area contributed by atoms with Crippen molar-refractivity contribution in [2.24, 2.45) is 5.73 Å². The minimum absolute atomic E-state index is 0.286. The second-order valence-electron chi connectivity index (χ2n) is 5.06. The first-order chi connectivity index (χ1) is 10.7. The van der Waals surface area contributed by atoms with Crippen molar-refractivity contribution in [1.29, 1.82) is 0 Å². The summed E-state index contributed by atoms with van der Waals surface area (Å²) in [6, 6.07) is 12.9. The molecule has 0 unspecified atom stereocenters. The number of rotatable bonds is 4. The van der Waals surface area contributed by atoms with Gasteiger partial charge in [0, 0.05) is 35.5 Å². The number of hydrogen-bond donors (Lipinski definition) is 1. The summed E-state index contributed by atoms with van der Waals surface area (Å²) in [7, 11) is 0. The van der Waals surface area contributed by atoms with Crippen LogP contribution in [0.1, 0.15) is 11.1 Å². The van der Waals surface area contributed by atoms with Gasteiger partial charge in [-0.1, -0.05) is 40.2 Å². The van der Waals surface area contributed by atoms with Gasteiger partial charge in [-0.05, 0) is 29.3 Å². The average Bonchev–Trinajstić information content (AvgIpc) is 2.95. The molecule has 0 fully saturated rings. The van der Waals surface area contributed by atoms with Gasteiger partial charge in [-0.2, -0.15) is 0 Å². The Balaban J connectivity index is 1.91. The van der Waals surface area contributed by atoms with Crippen LogP contribution in [-0.4, -0.2) is 9.55 Å². The molecular weight excluding hydrogens is 345 g/mol. The van der Waals surface area contributed by atoms with Crippen molar-refractivity contribution >= 4 is 15.9 Å². The Labute approximate surface area is 136 Å². The lowest BCUT2D eigenvalue weighted by Gasteiger charge is -2.09. The molecule has 0 aliphatic heterocycles. The molecule has 1 heterocycles. The lowest BCUT2D eigenvalue weighted by atomic mass is 10.1. The number of imidazole rings is 1. The third-order valence-corrected chi connectivity index (χ3v) is 3.91. The first-order valence-corrected chi connectivity index (χ1v) is 7.70. The Hall–Kier alpha value is -1.98. The summed E-state index contributed by atoms with van der Waals surface area (Å²) < 4.78 is 16.3. The smallest absolute Gasteiger partial charge is 0.140 e. The van der Waals surface area contributed by atoms with Gasteiger partial charge in [0.1, 0.15) is 11.6 Å². The van der Waals surface area contributed by atoms with E-state index in [-0.39, 0.29) is 5.82 Å². The maximum absolute atomic E-state index is 13.6. The van der Waals surface area contributed by atoms with E-state index in [0.717, 1.165) is 22.5 Å². The van der Waals surface area contributed by atoms with Gasteiger partial charge in [-0.25, -0.2) is 9.37 Å². The zero-order chi connectivity index (χ0) is 15.5. The SMILES string of the molecule is NCc1ccc(Cn2ccnc2-c2cc(F)cc(Br)c2)cc1. The van der Waals surface area contributed by atoms with Crippen LogP contribution >= 0.6 is 15.9 Å². The lowest BCUT2D eigenvalue weighted by molar-refractivity contribution is 0.627. The summed E-state index contributed by atoms with van der Waals surface area (Å²) in [6.45, 7) is 1.21. The van der Waals surface area contributed by atoms with Crippen molar-refractivity contribution in [1.82, 2.24) is 9.55 Å². The first kappa shape index (κ1) is 14.9. The highest BCUT2D eigenvalue weighted by Gasteiger charge is 2.09. The van der Waals surface area contributed by atoms with E-state index in [4.69, 9.17) is 5.73 Å². The van der Waals surface area contributed by atoms with Crippen LogP contribution < -0.4 is 5.73 Å². The van der Waals surface area contributed by atoms with Gasteiger partial charge in [-0.3, -0.25) is 0 Å². The standard InChI is InChI=1S/C17H15BrFN3/c18-15-7-14(8-16(19)9-15)17-21-5-6-22(17)11-13-3-1-12(10-20)2-4-13/h1-9H,10-11,20H2. The van der Waals surface area contributed by atoms with Crippen LogP contribution in [-0.2, 0) is 13.1 Å². The van der Waals surface area contributed by atoms with Gasteiger partial charge in [0.25, 0.3) is 0 Å². The summed E-state index contributed by atoms with van der Waals surface area (Å²) in [6.07, 6.45) is 3.62. The molecule has 0 amide bonds. The van der Waals surface area contributed by atoms with Crippen molar-refractivity contribution in [3.8, 4) is 11.4 Å². The highest BCUT2D eigenvalue weighted by Crippen LogP contribution is 2.24. The fourth-order valence-electron chi connectivity index (χ4n) is 2.36. The Morgan fingerprint density at radius 2 is 1.82 bits per heavy atom. The van der Waals surface area contributed by atoms with Gasteiger partial charge < -0.3 is 10.3 Å². The maximum atomic E-state index is 13.6. The van der Waals surface area contributed by atoms with E-state index in [1.807, 2.05) is 41.1 Å². The van der Waals surface area contributed by atoms with Crippen molar-refractivity contribution in [3.63, 3.8) is 0 Å². The predicted molar refractivity (Wildman–Crippen MR) is 88.8 cm³/mol. The third kappa shape index (κ3) is 3.26. The molecule has 0 aliphatic carbocycles. The highest BCUT2D eigenvalue weighted by atomic mass is 79.9. The molecule has 3 rings (SSSR count). The van der Waals surface area contributed by atoms with Gasteiger partial charge >= 0.3 is 0 Å². The van der Waals surface area contributed by atoms with Crippen LogP contribution in [0.15, 0.2) is 59.3 Å². The molecular formula is C17H15BrFN3. The summed E-state index contributed by atoms with van der Waals surface area (Å²) in [5, 5.41) is 0. The predicted octanol–water partition coefficient (Wildman–Crippen LogP) is 3.96. The molecule has 0 radical (unpaired) electrons. The largest absolute Gasteiger partial charge is 0.327 e. The van der Waals surface area contributed by atoms with Crippen LogP contribution in [0.5, 0.6) is 0 Å². The third-order valence-electron chi connectivity index (χ3n) is 3.45. The first-order valence-electron chi connectivity index (χ1n) is 6.91. The quantitative estimate of drug-likeness (QED) is 0.766. The maximum Gasteiger partial charge on any atom is 0.140 e. The molecule has 0 saturated heterocycles. The molecule has 5 heteroatoms. The number of halogens is 2.